The lowest BCUT2D eigenvalue weighted by Crippen LogP contribution is -2.19. The summed E-state index contributed by atoms with van der Waals surface area (Å²) in [6.07, 6.45) is 1.79. The van der Waals surface area contributed by atoms with E-state index >= 15 is 0 Å². The van der Waals surface area contributed by atoms with Gasteiger partial charge in [-0.25, -0.2) is 9.89 Å². The van der Waals surface area contributed by atoms with Crippen molar-refractivity contribution in [1.29, 1.82) is 0 Å². The van der Waals surface area contributed by atoms with Crippen molar-refractivity contribution in [2.24, 2.45) is 0 Å². The number of carboxylic acids is 1. The predicted molar refractivity (Wildman–Crippen MR) is 68.7 cm³/mol. The van der Waals surface area contributed by atoms with Crippen LogP contribution in [0.25, 0.3) is 0 Å². The van der Waals surface area contributed by atoms with Crippen LogP contribution in [0.15, 0.2) is 22.6 Å². The fourth-order valence-corrected chi connectivity index (χ4v) is 2.40. The van der Waals surface area contributed by atoms with Crippen molar-refractivity contribution in [2.75, 3.05) is 17.3 Å². The summed E-state index contributed by atoms with van der Waals surface area (Å²) in [5.41, 5.74) is -0.308. The molecule has 1 rings (SSSR count). The van der Waals surface area contributed by atoms with Crippen molar-refractivity contribution in [3.8, 4) is 0 Å². The van der Waals surface area contributed by atoms with Crippen molar-refractivity contribution in [1.82, 2.24) is 14.8 Å². The molecule has 17 heavy (non-hydrogen) atoms. The van der Waals surface area contributed by atoms with Crippen LogP contribution in [0.4, 0.5) is 0 Å². The van der Waals surface area contributed by atoms with Crippen molar-refractivity contribution < 1.29 is 9.90 Å². The van der Waals surface area contributed by atoms with E-state index in [4.69, 9.17) is 5.11 Å². The second kappa shape index (κ2) is 7.23. The second-order valence-electron chi connectivity index (χ2n) is 3.01. The topological polar surface area (TPSA) is 88.0 Å². The summed E-state index contributed by atoms with van der Waals surface area (Å²) < 4.78 is 1.45. The molecule has 0 aliphatic heterocycles. The number of carbonyl (C=O) groups is 1. The number of nitrogens with one attached hydrogen (secondary N) is 1. The molecule has 0 atom stereocenters. The van der Waals surface area contributed by atoms with Gasteiger partial charge < -0.3 is 5.11 Å². The molecule has 0 bridgehead atoms. The van der Waals surface area contributed by atoms with Gasteiger partial charge >= 0.3 is 11.7 Å². The summed E-state index contributed by atoms with van der Waals surface area (Å²) in [6, 6.07) is 0. The molecule has 0 saturated heterocycles. The Labute approximate surface area is 106 Å². The molecule has 1 aromatic rings. The molecular weight excluding hydrogens is 262 g/mol. The standard InChI is InChI=1S/C9H13N3O3S2/c1-2-4-16-5-3-12-8(15)10-11-9(12)17-6-7(13)14/h2H,1,3-6H2,(H,10,15)(H,13,14). The molecular formula is C9H13N3O3S2. The quantitative estimate of drug-likeness (QED) is 0.412. The second-order valence-corrected chi connectivity index (χ2v) is 5.10. The van der Waals surface area contributed by atoms with Gasteiger partial charge in [0.05, 0.1) is 5.75 Å². The zero-order chi connectivity index (χ0) is 12.7. The molecule has 0 aliphatic carbocycles. The van der Waals surface area contributed by atoms with Gasteiger partial charge in [-0.2, -0.15) is 11.8 Å². The Bertz CT molecular complexity index is 441. The van der Waals surface area contributed by atoms with Crippen LogP contribution in [-0.4, -0.2) is 43.1 Å². The Morgan fingerprint density at radius 1 is 1.65 bits per heavy atom. The van der Waals surface area contributed by atoms with Crippen LogP contribution in [0, 0.1) is 0 Å². The molecule has 0 aromatic carbocycles. The molecule has 0 amide bonds. The Balaban J connectivity index is 2.56. The van der Waals surface area contributed by atoms with Crippen LogP contribution in [0.3, 0.4) is 0 Å². The molecule has 8 heteroatoms. The van der Waals surface area contributed by atoms with E-state index in [9.17, 15) is 9.59 Å². The van der Waals surface area contributed by atoms with Crippen LogP contribution in [-0.2, 0) is 11.3 Å². The van der Waals surface area contributed by atoms with E-state index in [1.165, 1.54) is 4.57 Å². The first kappa shape index (κ1) is 13.9. The molecule has 94 valence electrons. The molecule has 1 aromatic heterocycles. The number of nitrogens with zero attached hydrogens (tertiary/aromatic N) is 2. The van der Waals surface area contributed by atoms with Crippen molar-refractivity contribution in [3.63, 3.8) is 0 Å². The summed E-state index contributed by atoms with van der Waals surface area (Å²) in [5.74, 6) is 0.540. The molecule has 1 heterocycles. The maximum atomic E-state index is 11.4. The number of carboxylic acid groups (broad SMARTS) is 1. The summed E-state index contributed by atoms with van der Waals surface area (Å²) in [5, 5.41) is 15.1. The highest BCUT2D eigenvalue weighted by molar-refractivity contribution is 7.99. The zero-order valence-corrected chi connectivity index (χ0v) is 10.7. The van der Waals surface area contributed by atoms with Gasteiger partial charge in [0.15, 0.2) is 5.16 Å². The van der Waals surface area contributed by atoms with E-state index in [1.54, 1.807) is 17.8 Å². The number of aromatic amines is 1. The van der Waals surface area contributed by atoms with E-state index in [0.717, 1.165) is 23.3 Å². The first-order chi connectivity index (χ1) is 8.15. The molecule has 2 N–H and O–H groups in total. The minimum atomic E-state index is -0.932. The predicted octanol–water partition coefficient (Wildman–Crippen LogP) is 0.667. The van der Waals surface area contributed by atoms with Gasteiger partial charge in [-0.05, 0) is 0 Å². The van der Waals surface area contributed by atoms with E-state index < -0.39 is 5.97 Å². The molecule has 0 radical (unpaired) electrons. The molecule has 0 unspecified atom stereocenters. The van der Waals surface area contributed by atoms with Gasteiger partial charge in [0, 0.05) is 18.1 Å². The number of thioether (sulfide) groups is 2. The Kier molecular flexibility index (Phi) is 5.92. The van der Waals surface area contributed by atoms with Crippen LogP contribution < -0.4 is 5.69 Å². The molecule has 0 aliphatic rings. The van der Waals surface area contributed by atoms with E-state index in [-0.39, 0.29) is 11.4 Å². The van der Waals surface area contributed by atoms with Gasteiger partial charge in [0.2, 0.25) is 0 Å². The van der Waals surface area contributed by atoms with E-state index in [2.05, 4.69) is 16.8 Å². The largest absolute Gasteiger partial charge is 0.481 e. The van der Waals surface area contributed by atoms with Crippen LogP contribution in [0.2, 0.25) is 0 Å². The lowest BCUT2D eigenvalue weighted by molar-refractivity contribution is -0.133. The maximum Gasteiger partial charge on any atom is 0.344 e. The summed E-state index contributed by atoms with van der Waals surface area (Å²) in [7, 11) is 0. The Hall–Kier alpha value is -1.15. The molecule has 0 fully saturated rings. The highest BCUT2D eigenvalue weighted by Gasteiger charge is 2.10. The first-order valence-corrected chi connectivity index (χ1v) is 6.97. The fraction of sp³-hybridized carbons (Fsp3) is 0.444. The lowest BCUT2D eigenvalue weighted by atomic mass is 10.7. The Morgan fingerprint density at radius 3 is 3.06 bits per heavy atom. The highest BCUT2D eigenvalue weighted by Crippen LogP contribution is 2.13. The lowest BCUT2D eigenvalue weighted by Gasteiger charge is -2.03. The highest BCUT2D eigenvalue weighted by atomic mass is 32.2. The number of hydrogen-bond acceptors (Lipinski definition) is 5. The maximum absolute atomic E-state index is 11.4. The summed E-state index contributed by atoms with van der Waals surface area (Å²) in [4.78, 5) is 21.8. The van der Waals surface area contributed by atoms with Gasteiger partial charge in [0.1, 0.15) is 0 Å². The van der Waals surface area contributed by atoms with Crippen molar-refractivity contribution >= 4 is 29.5 Å². The van der Waals surface area contributed by atoms with Gasteiger partial charge in [-0.15, -0.1) is 11.7 Å². The molecule has 0 spiro atoms. The van der Waals surface area contributed by atoms with Crippen molar-refractivity contribution in [2.45, 2.75) is 11.7 Å². The normalized spacial score (nSPS) is 10.4. The van der Waals surface area contributed by atoms with Gasteiger partial charge in [-0.1, -0.05) is 17.8 Å². The number of aliphatic carboxylic acids is 1. The van der Waals surface area contributed by atoms with Gasteiger partial charge in [0.25, 0.3) is 0 Å². The van der Waals surface area contributed by atoms with Crippen molar-refractivity contribution in [3.05, 3.63) is 23.1 Å². The number of aromatic nitrogens is 3. The first-order valence-electron chi connectivity index (χ1n) is 4.83. The third-order valence-electron chi connectivity index (χ3n) is 1.74. The number of H-pyrrole nitrogens is 1. The van der Waals surface area contributed by atoms with Crippen LogP contribution in [0.1, 0.15) is 0 Å². The SMILES string of the molecule is C=CCSCCn1c(SCC(=O)O)n[nH]c1=O. The average Bonchev–Trinajstić information content (AvgIpc) is 2.63. The third kappa shape index (κ3) is 4.70. The number of rotatable bonds is 8. The van der Waals surface area contributed by atoms with Crippen LogP contribution >= 0.6 is 23.5 Å². The summed E-state index contributed by atoms with van der Waals surface area (Å²) in [6.45, 7) is 4.11. The zero-order valence-electron chi connectivity index (χ0n) is 9.09. The average molecular weight is 275 g/mol. The third-order valence-corrected chi connectivity index (χ3v) is 3.65. The van der Waals surface area contributed by atoms with Gasteiger partial charge in [-0.3, -0.25) is 9.36 Å². The van der Waals surface area contributed by atoms with E-state index in [0.29, 0.717) is 11.7 Å². The molecule has 6 nitrogen and oxygen atoms in total. The monoisotopic (exact) mass is 275 g/mol. The minimum Gasteiger partial charge on any atom is -0.481 e. The van der Waals surface area contributed by atoms with Crippen LogP contribution in [0.5, 0.6) is 0 Å². The summed E-state index contributed by atoms with van der Waals surface area (Å²) >= 11 is 2.68. The fourth-order valence-electron chi connectivity index (χ4n) is 1.06. The smallest absolute Gasteiger partial charge is 0.344 e. The minimum absolute atomic E-state index is 0.107. The Morgan fingerprint density at radius 2 is 2.41 bits per heavy atom. The number of hydrogen-bond donors (Lipinski definition) is 2. The van der Waals surface area contributed by atoms with E-state index in [1.807, 2.05) is 0 Å². The molecule has 0 saturated carbocycles.